The van der Waals surface area contributed by atoms with Crippen molar-refractivity contribution >= 4 is 40.5 Å². The molecular formula is C14H10Cl3N3. The molecule has 1 heterocycles. The van der Waals surface area contributed by atoms with Crippen LogP contribution >= 0.6 is 34.8 Å². The molecule has 0 saturated carbocycles. The van der Waals surface area contributed by atoms with E-state index in [4.69, 9.17) is 34.8 Å². The zero-order chi connectivity index (χ0) is 14.1. The Hall–Kier alpha value is -1.29. The molecule has 3 rings (SSSR count). The third-order valence-corrected chi connectivity index (χ3v) is 4.01. The van der Waals surface area contributed by atoms with Gasteiger partial charge >= 0.3 is 0 Å². The molecule has 0 amide bonds. The van der Waals surface area contributed by atoms with Gasteiger partial charge < -0.3 is 0 Å². The summed E-state index contributed by atoms with van der Waals surface area (Å²) < 4.78 is 0. The van der Waals surface area contributed by atoms with Crippen molar-refractivity contribution in [3.63, 3.8) is 0 Å². The maximum atomic E-state index is 6.27. The Labute approximate surface area is 131 Å². The lowest BCUT2D eigenvalue weighted by molar-refractivity contribution is 0.732. The molecule has 0 saturated heterocycles. The van der Waals surface area contributed by atoms with Crippen LogP contribution in [0, 0.1) is 0 Å². The largest absolute Gasteiger partial charge is 0.238 e. The summed E-state index contributed by atoms with van der Waals surface area (Å²) in [5, 5.41) is 11.9. The van der Waals surface area contributed by atoms with Crippen LogP contribution in [0.4, 0.5) is 5.69 Å². The monoisotopic (exact) mass is 325 g/mol. The number of nitrogens with zero attached hydrogens (tertiary/aromatic N) is 3. The van der Waals surface area contributed by atoms with Crippen molar-refractivity contribution in [2.45, 2.75) is 6.04 Å². The van der Waals surface area contributed by atoms with Crippen molar-refractivity contribution < 1.29 is 0 Å². The van der Waals surface area contributed by atoms with E-state index in [9.17, 15) is 0 Å². The van der Waals surface area contributed by atoms with Gasteiger partial charge in [-0.1, -0.05) is 52.2 Å². The summed E-state index contributed by atoms with van der Waals surface area (Å²) in [5.41, 5.74) is 1.69. The Morgan fingerprint density at radius 3 is 2.40 bits per heavy atom. The number of benzene rings is 2. The molecule has 0 radical (unpaired) electrons. The zero-order valence-corrected chi connectivity index (χ0v) is 12.6. The molecule has 1 atom stereocenters. The third kappa shape index (κ3) is 2.49. The van der Waals surface area contributed by atoms with Crippen LogP contribution in [-0.2, 0) is 0 Å². The predicted octanol–water partition coefficient (Wildman–Crippen LogP) is 5.58. The summed E-state index contributed by atoms with van der Waals surface area (Å²) in [6, 6.07) is 12.8. The molecule has 1 aliphatic heterocycles. The summed E-state index contributed by atoms with van der Waals surface area (Å²) >= 11 is 18.6. The Kier molecular flexibility index (Phi) is 3.83. The SMILES string of the molecule is Clc1cccc(N2N=NCC2c2c(Cl)cccc2Cl)c1. The highest BCUT2D eigenvalue weighted by Gasteiger charge is 2.29. The van der Waals surface area contributed by atoms with Gasteiger partial charge in [0.1, 0.15) is 6.04 Å². The van der Waals surface area contributed by atoms with E-state index in [0.29, 0.717) is 21.6 Å². The fraction of sp³-hybridized carbons (Fsp3) is 0.143. The maximum absolute atomic E-state index is 6.27. The highest BCUT2D eigenvalue weighted by molar-refractivity contribution is 6.36. The van der Waals surface area contributed by atoms with E-state index >= 15 is 0 Å². The average Bonchev–Trinajstić information content (AvgIpc) is 2.87. The first-order valence-electron chi connectivity index (χ1n) is 6.03. The van der Waals surface area contributed by atoms with E-state index in [2.05, 4.69) is 10.3 Å². The number of halogens is 3. The van der Waals surface area contributed by atoms with Crippen LogP contribution in [0.5, 0.6) is 0 Å². The van der Waals surface area contributed by atoms with Gasteiger partial charge in [-0.15, -0.1) is 0 Å². The number of anilines is 1. The Morgan fingerprint density at radius 2 is 1.70 bits per heavy atom. The molecule has 2 aromatic rings. The normalized spacial score (nSPS) is 17.8. The van der Waals surface area contributed by atoms with Gasteiger partial charge in [0.2, 0.25) is 0 Å². The van der Waals surface area contributed by atoms with Crippen molar-refractivity contribution in [2.24, 2.45) is 10.3 Å². The fourth-order valence-electron chi connectivity index (χ4n) is 2.21. The van der Waals surface area contributed by atoms with Crippen LogP contribution in [0.25, 0.3) is 0 Å². The van der Waals surface area contributed by atoms with Crippen LogP contribution in [0.15, 0.2) is 52.8 Å². The van der Waals surface area contributed by atoms with Crippen molar-refractivity contribution in [1.82, 2.24) is 0 Å². The maximum Gasteiger partial charge on any atom is 0.103 e. The Balaban J connectivity index is 2.02. The minimum absolute atomic E-state index is 0.116. The van der Waals surface area contributed by atoms with E-state index in [1.165, 1.54) is 0 Å². The molecule has 6 heteroatoms. The standard InChI is InChI=1S/C14H10Cl3N3/c15-9-3-1-4-10(7-9)20-13(8-18-19-20)14-11(16)5-2-6-12(14)17/h1-7,13H,8H2. The average molecular weight is 327 g/mol. The first-order chi connectivity index (χ1) is 9.66. The minimum atomic E-state index is -0.116. The lowest BCUT2D eigenvalue weighted by Gasteiger charge is -2.23. The van der Waals surface area contributed by atoms with E-state index in [-0.39, 0.29) is 6.04 Å². The lowest BCUT2D eigenvalue weighted by Crippen LogP contribution is -2.21. The molecule has 102 valence electrons. The van der Waals surface area contributed by atoms with Crippen LogP contribution in [0.2, 0.25) is 15.1 Å². The topological polar surface area (TPSA) is 28.0 Å². The molecule has 0 aliphatic carbocycles. The molecule has 20 heavy (non-hydrogen) atoms. The van der Waals surface area contributed by atoms with Crippen LogP contribution in [0.1, 0.15) is 11.6 Å². The molecule has 1 unspecified atom stereocenters. The zero-order valence-electron chi connectivity index (χ0n) is 10.3. The molecule has 0 aromatic heterocycles. The molecule has 2 aromatic carbocycles. The van der Waals surface area contributed by atoms with Gasteiger partial charge in [-0.05, 0) is 30.3 Å². The third-order valence-electron chi connectivity index (χ3n) is 3.12. The predicted molar refractivity (Wildman–Crippen MR) is 82.9 cm³/mol. The van der Waals surface area contributed by atoms with Gasteiger partial charge in [-0.25, -0.2) is 5.01 Å². The van der Waals surface area contributed by atoms with Crippen molar-refractivity contribution in [1.29, 1.82) is 0 Å². The first kappa shape index (κ1) is 13.7. The second kappa shape index (κ2) is 5.60. The summed E-state index contributed by atoms with van der Waals surface area (Å²) in [6.45, 7) is 0.510. The smallest absolute Gasteiger partial charge is 0.103 e. The molecule has 0 N–H and O–H groups in total. The van der Waals surface area contributed by atoms with Crippen LogP contribution in [0.3, 0.4) is 0 Å². The van der Waals surface area contributed by atoms with E-state index in [0.717, 1.165) is 11.3 Å². The van der Waals surface area contributed by atoms with Crippen molar-refractivity contribution in [3.8, 4) is 0 Å². The van der Waals surface area contributed by atoms with Crippen LogP contribution < -0.4 is 5.01 Å². The summed E-state index contributed by atoms with van der Waals surface area (Å²) in [5.74, 6) is 0. The summed E-state index contributed by atoms with van der Waals surface area (Å²) in [7, 11) is 0. The van der Waals surface area contributed by atoms with Crippen LogP contribution in [-0.4, -0.2) is 6.54 Å². The summed E-state index contributed by atoms with van der Waals surface area (Å²) in [4.78, 5) is 0. The molecule has 3 nitrogen and oxygen atoms in total. The van der Waals surface area contributed by atoms with Crippen molar-refractivity contribution in [2.75, 3.05) is 11.6 Å². The molecular weight excluding hydrogens is 317 g/mol. The minimum Gasteiger partial charge on any atom is -0.238 e. The van der Waals surface area contributed by atoms with Gasteiger partial charge in [0, 0.05) is 20.6 Å². The van der Waals surface area contributed by atoms with Gasteiger partial charge in [0.15, 0.2) is 0 Å². The highest BCUT2D eigenvalue weighted by atomic mass is 35.5. The number of rotatable bonds is 2. The Bertz CT molecular complexity index is 652. The van der Waals surface area contributed by atoms with Gasteiger partial charge in [0.05, 0.1) is 12.2 Å². The van der Waals surface area contributed by atoms with Gasteiger partial charge in [0.25, 0.3) is 0 Å². The van der Waals surface area contributed by atoms with Crippen molar-refractivity contribution in [3.05, 3.63) is 63.1 Å². The quantitative estimate of drug-likeness (QED) is 0.708. The fourth-order valence-corrected chi connectivity index (χ4v) is 3.05. The number of hydrogen-bond acceptors (Lipinski definition) is 3. The van der Waals surface area contributed by atoms with E-state index in [1.807, 2.05) is 42.5 Å². The second-order valence-electron chi connectivity index (χ2n) is 4.39. The lowest BCUT2D eigenvalue weighted by atomic mass is 10.1. The molecule has 0 spiro atoms. The molecule has 0 bridgehead atoms. The second-order valence-corrected chi connectivity index (χ2v) is 5.64. The number of hydrogen-bond donors (Lipinski definition) is 0. The molecule has 1 aliphatic rings. The Morgan fingerprint density at radius 1 is 1.00 bits per heavy atom. The van der Waals surface area contributed by atoms with E-state index in [1.54, 1.807) is 5.01 Å². The first-order valence-corrected chi connectivity index (χ1v) is 7.16. The highest BCUT2D eigenvalue weighted by Crippen LogP contribution is 2.39. The molecule has 0 fully saturated rings. The van der Waals surface area contributed by atoms with E-state index < -0.39 is 0 Å². The van der Waals surface area contributed by atoms with Gasteiger partial charge in [-0.2, -0.15) is 5.11 Å². The summed E-state index contributed by atoms with van der Waals surface area (Å²) in [6.07, 6.45) is 0. The van der Waals surface area contributed by atoms with Gasteiger partial charge in [-0.3, -0.25) is 0 Å².